The number of hydrogen-bond acceptors (Lipinski definition) is 15. The lowest BCUT2D eigenvalue weighted by Gasteiger charge is -2.38. The Morgan fingerprint density at radius 2 is 1.46 bits per heavy atom. The van der Waals surface area contributed by atoms with Crippen LogP contribution < -0.4 is 14.9 Å². The highest BCUT2D eigenvalue weighted by molar-refractivity contribution is 5.89. The van der Waals surface area contributed by atoms with Crippen molar-refractivity contribution in [2.45, 2.75) is 62.2 Å². The van der Waals surface area contributed by atoms with Crippen LogP contribution in [-0.2, 0) is 9.47 Å². The van der Waals surface area contributed by atoms with Crippen LogP contribution in [0.15, 0.2) is 39.5 Å². The molecule has 9 unspecified atom stereocenters. The van der Waals surface area contributed by atoms with Crippen LogP contribution in [0.3, 0.4) is 0 Å². The molecule has 3 heterocycles. The normalized spacial score (nSPS) is 32.1. The Kier molecular flexibility index (Phi) is 7.71. The Bertz CT molecular complexity index is 1490. The lowest BCUT2D eigenvalue weighted by atomic mass is 10.00. The monoisotopic (exact) mass is 580 g/mol. The molecule has 2 aliphatic heterocycles. The number of aliphatic hydroxyl groups excluding tert-OH is 6. The topological polar surface area (TPSA) is 249 Å². The second-order valence-electron chi connectivity index (χ2n) is 9.77. The lowest BCUT2D eigenvalue weighted by molar-refractivity contribution is -0.268. The van der Waals surface area contributed by atoms with Crippen molar-refractivity contribution < 1.29 is 69.3 Å². The molecule has 0 saturated carbocycles. The minimum absolute atomic E-state index is 0.0889. The maximum absolute atomic E-state index is 12.8. The van der Waals surface area contributed by atoms with E-state index in [1.54, 1.807) is 0 Å². The standard InChI is InChI=1S/C26H28O15/c1-8-18(30)22(34)24(36)26(38-8)40-13-3-2-9(4-10(13)27)14-5-11(28)17-15(39-14)6-16(20(32)21(17)33)41-25-23(35)19(31)12(29)7-37-25/h2-6,8,12,18-19,22-27,29-36H,7H2,1H3. The van der Waals surface area contributed by atoms with Crippen LogP contribution in [0.5, 0.6) is 28.7 Å². The Morgan fingerprint density at radius 1 is 0.780 bits per heavy atom. The predicted molar refractivity (Wildman–Crippen MR) is 134 cm³/mol. The Balaban J connectivity index is 1.44. The third-order valence-electron chi connectivity index (χ3n) is 6.92. The zero-order valence-corrected chi connectivity index (χ0v) is 21.3. The molecule has 2 aromatic carbocycles. The van der Waals surface area contributed by atoms with Gasteiger partial charge >= 0.3 is 0 Å². The zero-order valence-electron chi connectivity index (χ0n) is 21.3. The van der Waals surface area contributed by atoms with E-state index in [-0.39, 0.29) is 29.3 Å². The van der Waals surface area contributed by atoms with Crippen molar-refractivity contribution in [3.05, 3.63) is 40.6 Å². The van der Waals surface area contributed by atoms with Gasteiger partial charge in [0.15, 0.2) is 28.4 Å². The van der Waals surface area contributed by atoms with Crippen molar-refractivity contribution in [2.24, 2.45) is 0 Å². The van der Waals surface area contributed by atoms with E-state index in [1.807, 2.05) is 0 Å². The molecular formula is C26H28O15. The molecule has 9 N–H and O–H groups in total. The molecule has 1 aromatic heterocycles. The minimum atomic E-state index is -1.71. The molecule has 0 spiro atoms. The molecule has 15 heteroatoms. The molecule has 5 rings (SSSR count). The number of fused-ring (bicyclic) bond motifs is 1. The number of rotatable bonds is 5. The van der Waals surface area contributed by atoms with Crippen molar-refractivity contribution in [3.63, 3.8) is 0 Å². The van der Waals surface area contributed by atoms with Gasteiger partial charge in [-0.3, -0.25) is 4.79 Å². The highest BCUT2D eigenvalue weighted by atomic mass is 16.7. The predicted octanol–water partition coefficient (Wildman–Crippen LogP) is -1.40. The molecule has 2 saturated heterocycles. The van der Waals surface area contributed by atoms with Crippen molar-refractivity contribution in [1.29, 1.82) is 0 Å². The highest BCUT2D eigenvalue weighted by Gasteiger charge is 2.43. The van der Waals surface area contributed by atoms with Crippen LogP contribution >= 0.6 is 0 Å². The van der Waals surface area contributed by atoms with E-state index >= 15 is 0 Å². The first-order valence-corrected chi connectivity index (χ1v) is 12.4. The maximum atomic E-state index is 12.8. The average molecular weight is 580 g/mol. The van der Waals surface area contributed by atoms with Gasteiger partial charge in [0.2, 0.25) is 18.3 Å². The molecule has 9 atom stereocenters. The largest absolute Gasteiger partial charge is 0.504 e. The van der Waals surface area contributed by atoms with Gasteiger partial charge in [0.25, 0.3) is 0 Å². The Morgan fingerprint density at radius 3 is 2.17 bits per heavy atom. The smallest absolute Gasteiger partial charge is 0.229 e. The second-order valence-corrected chi connectivity index (χ2v) is 9.77. The maximum Gasteiger partial charge on any atom is 0.229 e. The van der Waals surface area contributed by atoms with Gasteiger partial charge in [0, 0.05) is 17.7 Å². The minimum Gasteiger partial charge on any atom is -0.504 e. The van der Waals surface area contributed by atoms with Crippen LogP contribution in [0.4, 0.5) is 0 Å². The number of aromatic hydroxyl groups is 3. The van der Waals surface area contributed by atoms with Gasteiger partial charge in [-0.2, -0.15) is 0 Å². The third-order valence-corrected chi connectivity index (χ3v) is 6.92. The van der Waals surface area contributed by atoms with Crippen molar-refractivity contribution in [2.75, 3.05) is 6.61 Å². The first-order valence-electron chi connectivity index (χ1n) is 12.4. The molecule has 2 fully saturated rings. The van der Waals surface area contributed by atoms with Crippen molar-refractivity contribution in [1.82, 2.24) is 0 Å². The van der Waals surface area contributed by atoms with Gasteiger partial charge in [0.1, 0.15) is 53.4 Å². The number of aliphatic hydroxyl groups is 6. The number of benzene rings is 2. The summed E-state index contributed by atoms with van der Waals surface area (Å²) in [5, 5.41) is 90.6. The molecule has 0 radical (unpaired) electrons. The van der Waals surface area contributed by atoms with Gasteiger partial charge in [-0.1, -0.05) is 0 Å². The third kappa shape index (κ3) is 5.25. The van der Waals surface area contributed by atoms with Crippen LogP contribution in [0.2, 0.25) is 0 Å². The van der Waals surface area contributed by atoms with E-state index in [2.05, 4.69) is 0 Å². The summed E-state index contributed by atoms with van der Waals surface area (Å²) in [5.74, 6) is -2.93. The van der Waals surface area contributed by atoms with Crippen molar-refractivity contribution in [3.8, 4) is 40.1 Å². The summed E-state index contributed by atoms with van der Waals surface area (Å²) in [7, 11) is 0. The fourth-order valence-electron chi connectivity index (χ4n) is 4.52. The fourth-order valence-corrected chi connectivity index (χ4v) is 4.52. The van der Waals surface area contributed by atoms with E-state index in [1.165, 1.54) is 25.1 Å². The van der Waals surface area contributed by atoms with E-state index < -0.39 is 89.1 Å². The van der Waals surface area contributed by atoms with Gasteiger partial charge < -0.3 is 69.3 Å². The SMILES string of the molecule is CC1OC(Oc2ccc(-c3cc(=O)c4c(O)c(O)c(OC5OCC(O)C(O)C5O)cc4o3)cc2O)C(O)C(O)C1O. The summed E-state index contributed by atoms with van der Waals surface area (Å²) in [6.07, 6.45) is -13.0. The number of phenols is 3. The molecule has 41 heavy (non-hydrogen) atoms. The van der Waals surface area contributed by atoms with Gasteiger partial charge in [-0.15, -0.1) is 0 Å². The van der Waals surface area contributed by atoms with Gasteiger partial charge in [-0.05, 0) is 25.1 Å². The molecule has 222 valence electrons. The van der Waals surface area contributed by atoms with E-state index in [0.717, 1.165) is 12.1 Å². The Hall–Kier alpha value is -3.67. The first kappa shape index (κ1) is 28.8. The molecule has 0 amide bonds. The second kappa shape index (κ2) is 11.0. The quantitative estimate of drug-likeness (QED) is 0.157. The number of phenolic OH excluding ortho intramolecular Hbond substituents is 3. The number of ether oxygens (including phenoxy) is 4. The summed E-state index contributed by atoms with van der Waals surface area (Å²) in [4.78, 5) is 12.8. The van der Waals surface area contributed by atoms with Gasteiger partial charge in [-0.25, -0.2) is 0 Å². The first-order chi connectivity index (χ1) is 19.4. The molecule has 3 aromatic rings. The van der Waals surface area contributed by atoms with E-state index in [9.17, 15) is 50.8 Å². The average Bonchev–Trinajstić information content (AvgIpc) is 2.94. The van der Waals surface area contributed by atoms with E-state index in [0.29, 0.717) is 0 Å². The molecule has 2 aliphatic rings. The van der Waals surface area contributed by atoms with Crippen LogP contribution in [0.1, 0.15) is 6.92 Å². The molecule has 0 bridgehead atoms. The van der Waals surface area contributed by atoms with Crippen LogP contribution in [0.25, 0.3) is 22.3 Å². The molecule has 15 nitrogen and oxygen atoms in total. The van der Waals surface area contributed by atoms with Crippen LogP contribution in [0, 0.1) is 0 Å². The van der Waals surface area contributed by atoms with Crippen molar-refractivity contribution >= 4 is 11.0 Å². The summed E-state index contributed by atoms with van der Waals surface area (Å²) in [5.41, 5.74) is -0.863. The van der Waals surface area contributed by atoms with E-state index in [4.69, 9.17) is 23.4 Å². The fraction of sp³-hybridized carbons (Fsp3) is 0.423. The van der Waals surface area contributed by atoms with Gasteiger partial charge in [0.05, 0.1) is 12.7 Å². The lowest BCUT2D eigenvalue weighted by Crippen LogP contribution is -2.58. The Labute approximate surface area is 230 Å². The summed E-state index contributed by atoms with van der Waals surface area (Å²) in [6, 6.07) is 5.87. The summed E-state index contributed by atoms with van der Waals surface area (Å²) >= 11 is 0. The molecule has 0 aliphatic carbocycles. The van der Waals surface area contributed by atoms with Crippen LogP contribution in [-0.4, -0.2) is 108 Å². The summed E-state index contributed by atoms with van der Waals surface area (Å²) in [6.45, 7) is 1.08. The zero-order chi connectivity index (χ0) is 29.7. The number of hydrogen-bond donors (Lipinski definition) is 9. The summed E-state index contributed by atoms with van der Waals surface area (Å²) < 4.78 is 27.1. The highest BCUT2D eigenvalue weighted by Crippen LogP contribution is 2.43. The molecular weight excluding hydrogens is 552 g/mol.